The quantitative estimate of drug-likeness (QED) is 0.806. The van der Waals surface area contributed by atoms with Crippen molar-refractivity contribution < 1.29 is 9.32 Å². The minimum absolute atomic E-state index is 0.0880. The Labute approximate surface area is 131 Å². The maximum Gasteiger partial charge on any atom is 0.363 e. The Morgan fingerprint density at radius 1 is 1.30 bits per heavy atom. The molecular weight excluding hydrogens is 294 g/mol. The van der Waals surface area contributed by atoms with Crippen molar-refractivity contribution in [1.29, 1.82) is 5.26 Å². The van der Waals surface area contributed by atoms with Gasteiger partial charge in [0.2, 0.25) is 0 Å². The Balaban J connectivity index is 1.99. The zero-order chi connectivity index (χ0) is 16.1. The number of hydrogen-bond donors (Lipinski definition) is 0. The van der Waals surface area contributed by atoms with Gasteiger partial charge in [-0.25, -0.2) is 9.79 Å². The fourth-order valence-electron chi connectivity index (χ4n) is 3.59. The first kappa shape index (κ1) is 13.7. The van der Waals surface area contributed by atoms with Gasteiger partial charge in [0.05, 0.1) is 23.1 Å². The summed E-state index contributed by atoms with van der Waals surface area (Å²) in [6.45, 7) is 0. The van der Waals surface area contributed by atoms with Crippen LogP contribution in [0.5, 0.6) is 0 Å². The Hall–Kier alpha value is -2.94. The van der Waals surface area contributed by atoms with Crippen LogP contribution in [-0.2, 0) is 11.8 Å². The second kappa shape index (κ2) is 4.78. The van der Waals surface area contributed by atoms with Crippen molar-refractivity contribution in [2.24, 2.45) is 18.0 Å². The van der Waals surface area contributed by atoms with E-state index in [1.807, 2.05) is 6.07 Å². The Kier molecular flexibility index (Phi) is 2.85. The lowest BCUT2D eigenvalue weighted by molar-refractivity contribution is -0.120. The standard InChI is InChI=1S/C17H13N3O3/c1-20-16-15(17(22)23-20)13(10-4-2-3-9(7-10)8-18)14-11(19-16)5-6-12(14)21/h2-4,7,13-14H,5-6H2,1H3. The molecule has 1 saturated carbocycles. The summed E-state index contributed by atoms with van der Waals surface area (Å²) in [6, 6.07) is 9.14. The number of aliphatic imine (C=N–C) groups is 1. The number of Topliss-reactive ketones (excluding diaryl/α,β-unsaturated/α-hetero) is 1. The highest BCUT2D eigenvalue weighted by atomic mass is 16.5. The molecule has 0 bridgehead atoms. The maximum atomic E-state index is 12.4. The zero-order valence-corrected chi connectivity index (χ0v) is 12.4. The largest absolute Gasteiger partial charge is 0.363 e. The molecule has 1 aliphatic carbocycles. The predicted molar refractivity (Wildman–Crippen MR) is 81.8 cm³/mol. The van der Waals surface area contributed by atoms with Gasteiger partial charge in [-0.2, -0.15) is 10.0 Å². The van der Waals surface area contributed by atoms with Crippen molar-refractivity contribution in [1.82, 2.24) is 4.74 Å². The number of carbonyl (C=O) groups excluding carboxylic acids is 1. The fourth-order valence-corrected chi connectivity index (χ4v) is 3.59. The van der Waals surface area contributed by atoms with E-state index in [4.69, 9.17) is 9.78 Å². The minimum atomic E-state index is -0.475. The first-order chi connectivity index (χ1) is 11.1. The molecule has 2 atom stereocenters. The smallest absolute Gasteiger partial charge is 0.334 e. The second-order valence-electron chi connectivity index (χ2n) is 5.88. The fraction of sp³-hybridized carbons (Fsp3) is 0.294. The van der Waals surface area contributed by atoms with E-state index in [0.717, 1.165) is 11.3 Å². The Morgan fingerprint density at radius 2 is 2.13 bits per heavy atom. The highest BCUT2D eigenvalue weighted by molar-refractivity contribution is 6.14. The number of nitriles is 1. The molecule has 0 spiro atoms. The lowest BCUT2D eigenvalue weighted by atomic mass is 9.77. The van der Waals surface area contributed by atoms with Crippen LogP contribution in [0.15, 0.2) is 38.6 Å². The molecule has 2 aliphatic rings. The summed E-state index contributed by atoms with van der Waals surface area (Å²) in [7, 11) is 1.63. The summed E-state index contributed by atoms with van der Waals surface area (Å²) >= 11 is 0. The van der Waals surface area contributed by atoms with Gasteiger partial charge in [0, 0.05) is 25.1 Å². The van der Waals surface area contributed by atoms with Crippen LogP contribution in [-0.4, -0.2) is 16.2 Å². The van der Waals surface area contributed by atoms with Gasteiger partial charge in [0.15, 0.2) is 5.82 Å². The lowest BCUT2D eigenvalue weighted by Crippen LogP contribution is -2.29. The third kappa shape index (κ3) is 1.90. The Morgan fingerprint density at radius 3 is 2.91 bits per heavy atom. The van der Waals surface area contributed by atoms with Crippen LogP contribution in [0.3, 0.4) is 0 Å². The van der Waals surface area contributed by atoms with E-state index in [9.17, 15) is 9.59 Å². The molecule has 1 fully saturated rings. The molecule has 0 N–H and O–H groups in total. The van der Waals surface area contributed by atoms with Crippen LogP contribution < -0.4 is 5.63 Å². The van der Waals surface area contributed by atoms with Crippen LogP contribution in [0.2, 0.25) is 0 Å². The van der Waals surface area contributed by atoms with Crippen molar-refractivity contribution in [2.45, 2.75) is 18.8 Å². The monoisotopic (exact) mass is 307 g/mol. The zero-order valence-electron chi connectivity index (χ0n) is 12.4. The number of hydrogen-bond acceptors (Lipinski definition) is 5. The normalized spacial score (nSPS) is 22.3. The summed E-state index contributed by atoms with van der Waals surface area (Å²) in [5.41, 5.74) is 2.01. The van der Waals surface area contributed by atoms with Crippen molar-refractivity contribution >= 4 is 17.3 Å². The van der Waals surface area contributed by atoms with E-state index in [-0.39, 0.29) is 5.78 Å². The molecule has 1 aromatic carbocycles. The summed E-state index contributed by atoms with van der Waals surface area (Å²) in [6.07, 6.45) is 1.05. The first-order valence-corrected chi connectivity index (χ1v) is 7.40. The molecule has 1 aromatic heterocycles. The highest BCUT2D eigenvalue weighted by Gasteiger charge is 2.45. The lowest BCUT2D eigenvalue weighted by Gasteiger charge is -2.26. The van der Waals surface area contributed by atoms with E-state index in [1.165, 1.54) is 4.74 Å². The van der Waals surface area contributed by atoms with Crippen molar-refractivity contribution in [3.63, 3.8) is 0 Å². The second-order valence-corrected chi connectivity index (χ2v) is 5.88. The number of rotatable bonds is 1. The molecule has 0 radical (unpaired) electrons. The van der Waals surface area contributed by atoms with Gasteiger partial charge >= 0.3 is 5.63 Å². The highest BCUT2D eigenvalue weighted by Crippen LogP contribution is 2.45. The van der Waals surface area contributed by atoms with Crippen LogP contribution in [0, 0.1) is 17.2 Å². The average Bonchev–Trinajstić information content (AvgIpc) is 3.07. The molecule has 114 valence electrons. The number of fused-ring (bicyclic) bond motifs is 2. The van der Waals surface area contributed by atoms with E-state index < -0.39 is 17.5 Å². The molecular formula is C17H13N3O3. The average molecular weight is 307 g/mol. The third-order valence-electron chi connectivity index (χ3n) is 4.58. The van der Waals surface area contributed by atoms with Gasteiger partial charge in [0.25, 0.3) is 0 Å². The SMILES string of the molecule is Cn1oc(=O)c2c1N=C1CCC(=O)C1C2c1cccc(C#N)c1. The van der Waals surface area contributed by atoms with Crippen LogP contribution in [0.1, 0.15) is 35.4 Å². The molecule has 2 heterocycles. The molecule has 2 unspecified atom stereocenters. The first-order valence-electron chi connectivity index (χ1n) is 7.40. The van der Waals surface area contributed by atoms with Crippen molar-refractivity contribution in [3.8, 4) is 6.07 Å². The molecule has 1 aliphatic heterocycles. The minimum Gasteiger partial charge on any atom is -0.334 e. The number of nitrogens with zero attached hydrogens (tertiary/aromatic N) is 3. The van der Waals surface area contributed by atoms with Gasteiger partial charge in [0.1, 0.15) is 5.78 Å². The van der Waals surface area contributed by atoms with E-state index in [2.05, 4.69) is 11.1 Å². The predicted octanol–water partition coefficient (Wildman–Crippen LogP) is 2.05. The van der Waals surface area contributed by atoms with E-state index in [0.29, 0.717) is 29.8 Å². The topological polar surface area (TPSA) is 88.4 Å². The van der Waals surface area contributed by atoms with Crippen LogP contribution >= 0.6 is 0 Å². The molecule has 0 amide bonds. The van der Waals surface area contributed by atoms with Gasteiger partial charge < -0.3 is 4.52 Å². The Bertz CT molecular complexity index is 958. The molecule has 2 aromatic rings. The third-order valence-corrected chi connectivity index (χ3v) is 4.58. The van der Waals surface area contributed by atoms with Gasteiger partial charge in [-0.3, -0.25) is 4.79 Å². The molecule has 6 heteroatoms. The number of aryl methyl sites for hydroxylation is 1. The van der Waals surface area contributed by atoms with Crippen LogP contribution in [0.25, 0.3) is 0 Å². The van der Waals surface area contributed by atoms with Crippen molar-refractivity contribution in [2.75, 3.05) is 0 Å². The van der Waals surface area contributed by atoms with Crippen molar-refractivity contribution in [3.05, 3.63) is 51.4 Å². The van der Waals surface area contributed by atoms with E-state index >= 15 is 0 Å². The summed E-state index contributed by atoms with van der Waals surface area (Å²) in [5, 5.41) is 9.13. The van der Waals surface area contributed by atoms with Gasteiger partial charge in [-0.05, 0) is 24.1 Å². The summed E-state index contributed by atoms with van der Waals surface area (Å²) in [5.74, 6) is -0.298. The summed E-state index contributed by atoms with van der Waals surface area (Å²) in [4.78, 5) is 29.2. The number of benzene rings is 1. The summed E-state index contributed by atoms with van der Waals surface area (Å²) < 4.78 is 6.51. The number of ketones is 1. The number of aromatic nitrogens is 1. The molecule has 4 rings (SSSR count). The molecule has 6 nitrogen and oxygen atoms in total. The molecule has 23 heavy (non-hydrogen) atoms. The van der Waals surface area contributed by atoms with E-state index in [1.54, 1.807) is 25.2 Å². The van der Waals surface area contributed by atoms with Gasteiger partial charge in [-0.15, -0.1) is 0 Å². The maximum absolute atomic E-state index is 12.4. The molecule has 0 saturated heterocycles. The number of carbonyl (C=O) groups is 1. The van der Waals surface area contributed by atoms with Crippen LogP contribution in [0.4, 0.5) is 5.82 Å². The van der Waals surface area contributed by atoms with Gasteiger partial charge in [-0.1, -0.05) is 12.1 Å².